The van der Waals surface area contributed by atoms with Crippen molar-refractivity contribution in [3.63, 3.8) is 0 Å². The fourth-order valence-corrected chi connectivity index (χ4v) is 2.71. The molecule has 0 saturated heterocycles. The van der Waals surface area contributed by atoms with Crippen LogP contribution in [0.4, 0.5) is 24.5 Å². The van der Waals surface area contributed by atoms with Gasteiger partial charge in [-0.3, -0.25) is 0 Å². The van der Waals surface area contributed by atoms with E-state index in [9.17, 15) is 13.2 Å². The van der Waals surface area contributed by atoms with Crippen molar-refractivity contribution in [3.8, 4) is 0 Å². The molecule has 0 heterocycles. The van der Waals surface area contributed by atoms with Crippen LogP contribution < -0.4 is 10.6 Å². The van der Waals surface area contributed by atoms with Crippen LogP contribution in [-0.2, 0) is 6.18 Å². The molecule has 0 amide bonds. The molecule has 3 aromatic carbocycles. The lowest BCUT2D eigenvalue weighted by molar-refractivity contribution is -0.137. The molecule has 0 aliphatic heterocycles. The molecular formula is C22H17F3N2S. The van der Waals surface area contributed by atoms with Crippen molar-refractivity contribution in [2.45, 2.75) is 6.18 Å². The fraction of sp³-hybridized carbons (Fsp3) is 0.0455. The van der Waals surface area contributed by atoms with E-state index in [2.05, 4.69) is 10.6 Å². The normalized spacial score (nSPS) is 11.4. The van der Waals surface area contributed by atoms with E-state index in [1.807, 2.05) is 66.7 Å². The smallest absolute Gasteiger partial charge is 0.332 e. The van der Waals surface area contributed by atoms with Gasteiger partial charge in [-0.2, -0.15) is 13.2 Å². The Morgan fingerprint density at radius 1 is 0.679 bits per heavy atom. The Morgan fingerprint density at radius 3 is 1.64 bits per heavy atom. The maximum Gasteiger partial charge on any atom is 0.416 e. The molecule has 0 aliphatic carbocycles. The summed E-state index contributed by atoms with van der Waals surface area (Å²) in [6.07, 6.45) is -0.314. The molecule has 0 atom stereocenters. The van der Waals surface area contributed by atoms with Gasteiger partial charge in [-0.15, -0.1) is 0 Å². The SMILES string of the molecule is FC(F)(F)c1ccc(NC(=S)Nc2ccc(/C=C/c3ccccc3)cc2)cc1. The van der Waals surface area contributed by atoms with Crippen LogP contribution in [0.15, 0.2) is 78.9 Å². The van der Waals surface area contributed by atoms with Crippen molar-refractivity contribution in [1.82, 2.24) is 0 Å². The molecule has 0 aliphatic rings. The summed E-state index contributed by atoms with van der Waals surface area (Å²) in [5, 5.41) is 6.18. The van der Waals surface area contributed by atoms with Crippen molar-refractivity contribution in [2.75, 3.05) is 10.6 Å². The van der Waals surface area contributed by atoms with Gasteiger partial charge in [0.2, 0.25) is 0 Å². The van der Waals surface area contributed by atoms with Gasteiger partial charge in [0, 0.05) is 11.4 Å². The fourth-order valence-electron chi connectivity index (χ4n) is 2.47. The van der Waals surface area contributed by atoms with Gasteiger partial charge >= 0.3 is 6.18 Å². The minimum Gasteiger partial charge on any atom is -0.332 e. The van der Waals surface area contributed by atoms with Crippen molar-refractivity contribution < 1.29 is 13.2 Å². The summed E-state index contributed by atoms with van der Waals surface area (Å²) >= 11 is 5.21. The van der Waals surface area contributed by atoms with Crippen LogP contribution in [0.2, 0.25) is 0 Å². The van der Waals surface area contributed by atoms with Gasteiger partial charge in [-0.25, -0.2) is 0 Å². The number of rotatable bonds is 4. The molecule has 2 N–H and O–H groups in total. The first-order valence-corrected chi connectivity index (χ1v) is 8.89. The van der Waals surface area contributed by atoms with Crippen molar-refractivity contribution >= 4 is 40.9 Å². The van der Waals surface area contributed by atoms with Crippen molar-refractivity contribution in [1.29, 1.82) is 0 Å². The molecular weight excluding hydrogens is 381 g/mol. The largest absolute Gasteiger partial charge is 0.416 e. The number of nitrogens with one attached hydrogen (secondary N) is 2. The average molecular weight is 398 g/mol. The quantitative estimate of drug-likeness (QED) is 0.378. The number of halogens is 3. The van der Waals surface area contributed by atoms with E-state index in [1.54, 1.807) is 0 Å². The van der Waals surface area contributed by atoms with Crippen LogP contribution in [0.5, 0.6) is 0 Å². The Labute approximate surface area is 166 Å². The van der Waals surface area contributed by atoms with Crippen LogP contribution >= 0.6 is 12.2 Å². The van der Waals surface area contributed by atoms with E-state index in [1.165, 1.54) is 12.1 Å². The zero-order valence-electron chi connectivity index (χ0n) is 14.7. The number of anilines is 2. The van der Waals surface area contributed by atoms with E-state index >= 15 is 0 Å². The maximum atomic E-state index is 12.6. The van der Waals surface area contributed by atoms with E-state index < -0.39 is 11.7 Å². The Morgan fingerprint density at radius 2 is 1.14 bits per heavy atom. The molecule has 6 heteroatoms. The summed E-state index contributed by atoms with van der Waals surface area (Å²) in [6, 6.07) is 22.4. The number of benzene rings is 3. The number of hydrogen-bond donors (Lipinski definition) is 2. The van der Waals surface area contributed by atoms with Gasteiger partial charge < -0.3 is 10.6 Å². The predicted octanol–water partition coefficient (Wildman–Crippen LogP) is 6.68. The lowest BCUT2D eigenvalue weighted by atomic mass is 10.1. The molecule has 0 saturated carbocycles. The van der Waals surface area contributed by atoms with Crippen LogP contribution in [0.3, 0.4) is 0 Å². The van der Waals surface area contributed by atoms with E-state index in [4.69, 9.17) is 12.2 Å². The third-order valence-corrected chi connectivity index (χ3v) is 4.11. The highest BCUT2D eigenvalue weighted by Crippen LogP contribution is 2.29. The van der Waals surface area contributed by atoms with Gasteiger partial charge in [0.1, 0.15) is 0 Å². The van der Waals surface area contributed by atoms with Crippen LogP contribution in [0.1, 0.15) is 16.7 Å². The van der Waals surface area contributed by atoms with Gasteiger partial charge in [-0.05, 0) is 59.7 Å². The standard InChI is InChI=1S/C22H17F3N2S/c23-22(24,25)18-10-14-20(15-11-18)27-21(28)26-19-12-8-17(9-13-19)7-6-16-4-2-1-3-5-16/h1-15H,(H2,26,27,28)/b7-6+. The van der Waals surface area contributed by atoms with Crippen molar-refractivity contribution in [2.24, 2.45) is 0 Å². The second-order valence-electron chi connectivity index (χ2n) is 6.02. The summed E-state index contributed by atoms with van der Waals surface area (Å²) in [7, 11) is 0. The minimum atomic E-state index is -4.35. The van der Waals surface area contributed by atoms with E-state index in [0.717, 1.165) is 28.9 Å². The molecule has 28 heavy (non-hydrogen) atoms. The lowest BCUT2D eigenvalue weighted by Gasteiger charge is -2.12. The topological polar surface area (TPSA) is 24.1 Å². The number of thiocarbonyl (C=S) groups is 1. The maximum absolute atomic E-state index is 12.6. The highest BCUT2D eigenvalue weighted by Gasteiger charge is 2.29. The van der Waals surface area contributed by atoms with E-state index in [0.29, 0.717) is 10.8 Å². The van der Waals surface area contributed by atoms with Crippen molar-refractivity contribution in [3.05, 3.63) is 95.6 Å². The Hall–Kier alpha value is -3.12. The summed E-state index contributed by atoms with van der Waals surface area (Å²) in [5.41, 5.74) is 2.72. The summed E-state index contributed by atoms with van der Waals surface area (Å²) in [4.78, 5) is 0. The van der Waals surface area contributed by atoms with Gasteiger partial charge in [0.25, 0.3) is 0 Å². The Bertz CT molecular complexity index is 948. The molecule has 0 radical (unpaired) electrons. The van der Waals surface area contributed by atoms with Gasteiger partial charge in [-0.1, -0.05) is 54.6 Å². The predicted molar refractivity (Wildman–Crippen MR) is 113 cm³/mol. The summed E-state index contributed by atoms with van der Waals surface area (Å²) < 4.78 is 37.8. The number of alkyl halides is 3. The molecule has 3 aromatic rings. The second-order valence-corrected chi connectivity index (χ2v) is 6.43. The Kier molecular flexibility index (Phi) is 6.11. The molecule has 0 bridgehead atoms. The molecule has 3 rings (SSSR count). The lowest BCUT2D eigenvalue weighted by Crippen LogP contribution is -2.19. The first-order chi connectivity index (χ1) is 13.4. The third-order valence-electron chi connectivity index (χ3n) is 3.91. The van der Waals surface area contributed by atoms with Gasteiger partial charge in [0.15, 0.2) is 5.11 Å². The molecule has 0 aromatic heterocycles. The summed E-state index contributed by atoms with van der Waals surface area (Å²) in [5.74, 6) is 0. The van der Waals surface area contributed by atoms with Gasteiger partial charge in [0.05, 0.1) is 5.56 Å². The third kappa shape index (κ3) is 5.69. The zero-order chi connectivity index (χ0) is 20.0. The molecule has 0 spiro atoms. The van der Waals surface area contributed by atoms with E-state index in [-0.39, 0.29) is 0 Å². The highest BCUT2D eigenvalue weighted by atomic mass is 32.1. The highest BCUT2D eigenvalue weighted by molar-refractivity contribution is 7.80. The average Bonchev–Trinajstić information content (AvgIpc) is 2.68. The molecule has 142 valence electrons. The monoisotopic (exact) mass is 398 g/mol. The molecule has 0 fully saturated rings. The molecule has 2 nitrogen and oxygen atoms in total. The minimum absolute atomic E-state index is 0.298. The van der Waals surface area contributed by atoms with Crippen LogP contribution in [0.25, 0.3) is 12.2 Å². The first-order valence-electron chi connectivity index (χ1n) is 8.49. The second kappa shape index (κ2) is 8.71. The zero-order valence-corrected chi connectivity index (χ0v) is 15.5. The first kappa shape index (κ1) is 19.6. The molecule has 0 unspecified atom stereocenters. The van der Waals surface area contributed by atoms with Crippen LogP contribution in [-0.4, -0.2) is 5.11 Å². The van der Waals surface area contributed by atoms with Crippen LogP contribution in [0, 0.1) is 0 Å². The Balaban J connectivity index is 1.56. The summed E-state index contributed by atoms with van der Waals surface area (Å²) in [6.45, 7) is 0. The number of hydrogen-bond acceptors (Lipinski definition) is 1.